The average Bonchev–Trinajstić information content (AvgIpc) is 2.43. The highest BCUT2D eigenvalue weighted by Crippen LogP contribution is 2.30. The zero-order chi connectivity index (χ0) is 13.3. The van der Waals surface area contributed by atoms with E-state index in [-0.39, 0.29) is 12.6 Å². The third-order valence-corrected chi connectivity index (χ3v) is 3.17. The largest absolute Gasteiger partial charge is 0.463 e. The molecule has 0 amide bonds. The molecule has 1 fully saturated rings. The Labute approximate surface area is 108 Å². The van der Waals surface area contributed by atoms with Crippen molar-refractivity contribution in [2.45, 2.75) is 12.8 Å². The molecule has 0 aromatic heterocycles. The summed E-state index contributed by atoms with van der Waals surface area (Å²) in [6, 6.07) is 0. The molecule has 1 aliphatic heterocycles. The predicted molar refractivity (Wildman–Crippen MR) is 65.2 cm³/mol. The van der Waals surface area contributed by atoms with Crippen molar-refractivity contribution in [3.63, 3.8) is 0 Å². The highest BCUT2D eigenvalue weighted by Gasteiger charge is 2.40. The van der Waals surface area contributed by atoms with E-state index in [0.717, 1.165) is 0 Å². The number of ether oxygens (including phenoxy) is 4. The molecule has 0 radical (unpaired) electrons. The Bertz CT molecular complexity index is 241. The Morgan fingerprint density at radius 2 is 1.89 bits per heavy atom. The van der Waals surface area contributed by atoms with E-state index in [1.54, 1.807) is 7.11 Å². The van der Waals surface area contributed by atoms with Crippen molar-refractivity contribution >= 4 is 5.97 Å². The van der Waals surface area contributed by atoms with Crippen LogP contribution in [-0.4, -0.2) is 59.3 Å². The summed E-state index contributed by atoms with van der Waals surface area (Å²) in [6.07, 6.45) is 1.26. The zero-order valence-electron chi connectivity index (χ0n) is 11.0. The van der Waals surface area contributed by atoms with Gasteiger partial charge in [-0.1, -0.05) is 0 Å². The molecular weight excluding hydrogens is 238 g/mol. The number of nitrogens with two attached hydrogens (primary N) is 1. The molecular formula is C12H23NO5. The molecule has 0 spiro atoms. The van der Waals surface area contributed by atoms with Gasteiger partial charge in [-0.25, -0.2) is 0 Å². The van der Waals surface area contributed by atoms with Crippen molar-refractivity contribution in [3.05, 3.63) is 0 Å². The lowest BCUT2D eigenvalue weighted by atomic mass is 9.80. The first-order chi connectivity index (χ1) is 8.75. The van der Waals surface area contributed by atoms with Crippen LogP contribution < -0.4 is 5.73 Å². The number of methoxy groups -OCH3 is 1. The standard InChI is InChI=1S/C12H23NO5/c1-15-6-7-17-8-9-18-11(14)12(10-13)2-4-16-5-3-12/h2-10,13H2,1H3. The summed E-state index contributed by atoms with van der Waals surface area (Å²) in [4.78, 5) is 12.0. The van der Waals surface area contributed by atoms with E-state index in [4.69, 9.17) is 24.7 Å². The van der Waals surface area contributed by atoms with Gasteiger partial charge in [0.1, 0.15) is 6.61 Å². The summed E-state index contributed by atoms with van der Waals surface area (Å²) in [5.74, 6) is -0.233. The summed E-state index contributed by atoms with van der Waals surface area (Å²) in [7, 11) is 1.61. The Morgan fingerprint density at radius 3 is 2.50 bits per heavy atom. The first-order valence-corrected chi connectivity index (χ1v) is 6.27. The van der Waals surface area contributed by atoms with Gasteiger partial charge in [-0.3, -0.25) is 4.79 Å². The lowest BCUT2D eigenvalue weighted by Crippen LogP contribution is -2.44. The van der Waals surface area contributed by atoms with Crippen molar-refractivity contribution in [1.29, 1.82) is 0 Å². The van der Waals surface area contributed by atoms with Crippen molar-refractivity contribution < 1.29 is 23.7 Å². The normalized spacial score (nSPS) is 18.6. The third-order valence-electron chi connectivity index (χ3n) is 3.17. The highest BCUT2D eigenvalue weighted by molar-refractivity contribution is 5.77. The van der Waals surface area contributed by atoms with Gasteiger partial charge in [-0.2, -0.15) is 0 Å². The second-order valence-electron chi connectivity index (χ2n) is 4.34. The summed E-state index contributed by atoms with van der Waals surface area (Å²) < 4.78 is 20.5. The first kappa shape index (κ1) is 15.4. The number of carbonyl (C=O) groups is 1. The molecule has 18 heavy (non-hydrogen) atoms. The molecule has 0 atom stereocenters. The van der Waals surface area contributed by atoms with Crippen LogP contribution in [0.3, 0.4) is 0 Å². The third kappa shape index (κ3) is 4.53. The Morgan fingerprint density at radius 1 is 1.22 bits per heavy atom. The minimum absolute atomic E-state index is 0.233. The Hall–Kier alpha value is -0.690. The topological polar surface area (TPSA) is 80.0 Å². The minimum Gasteiger partial charge on any atom is -0.463 e. The van der Waals surface area contributed by atoms with E-state index in [1.807, 2.05) is 0 Å². The van der Waals surface area contributed by atoms with Gasteiger partial charge < -0.3 is 24.7 Å². The lowest BCUT2D eigenvalue weighted by Gasteiger charge is -2.33. The summed E-state index contributed by atoms with van der Waals surface area (Å²) in [5.41, 5.74) is 5.14. The van der Waals surface area contributed by atoms with Gasteiger partial charge >= 0.3 is 5.97 Å². The molecule has 0 aromatic rings. The smallest absolute Gasteiger partial charge is 0.313 e. The second kappa shape index (κ2) is 8.42. The quantitative estimate of drug-likeness (QED) is 0.487. The number of rotatable bonds is 8. The predicted octanol–water partition coefficient (Wildman–Crippen LogP) is -0.0519. The molecule has 106 valence electrons. The van der Waals surface area contributed by atoms with Crippen LogP contribution in [0.1, 0.15) is 12.8 Å². The van der Waals surface area contributed by atoms with Crippen molar-refractivity contribution in [1.82, 2.24) is 0 Å². The van der Waals surface area contributed by atoms with E-state index in [2.05, 4.69) is 0 Å². The Balaban J connectivity index is 2.21. The van der Waals surface area contributed by atoms with Crippen LogP contribution in [0.25, 0.3) is 0 Å². The molecule has 1 saturated heterocycles. The molecule has 1 rings (SSSR count). The fourth-order valence-electron chi connectivity index (χ4n) is 1.84. The van der Waals surface area contributed by atoms with Crippen LogP contribution in [0.15, 0.2) is 0 Å². The molecule has 0 saturated carbocycles. The molecule has 0 aliphatic carbocycles. The van der Waals surface area contributed by atoms with E-state index < -0.39 is 5.41 Å². The van der Waals surface area contributed by atoms with Crippen LogP contribution >= 0.6 is 0 Å². The van der Waals surface area contributed by atoms with Gasteiger partial charge in [0.15, 0.2) is 0 Å². The minimum atomic E-state index is -0.565. The molecule has 0 unspecified atom stereocenters. The molecule has 1 heterocycles. The van der Waals surface area contributed by atoms with Crippen LogP contribution in [0.5, 0.6) is 0 Å². The molecule has 0 bridgehead atoms. The van der Waals surface area contributed by atoms with Crippen LogP contribution in [0, 0.1) is 5.41 Å². The lowest BCUT2D eigenvalue weighted by molar-refractivity contribution is -0.162. The van der Waals surface area contributed by atoms with Crippen molar-refractivity contribution in [3.8, 4) is 0 Å². The maximum atomic E-state index is 12.0. The van der Waals surface area contributed by atoms with Gasteiger partial charge in [-0.05, 0) is 12.8 Å². The second-order valence-corrected chi connectivity index (χ2v) is 4.34. The zero-order valence-corrected chi connectivity index (χ0v) is 11.0. The van der Waals surface area contributed by atoms with Gasteiger partial charge in [0.2, 0.25) is 0 Å². The van der Waals surface area contributed by atoms with Crippen LogP contribution in [0.2, 0.25) is 0 Å². The molecule has 6 heteroatoms. The summed E-state index contributed by atoms with van der Waals surface area (Å²) in [5, 5.41) is 0. The van der Waals surface area contributed by atoms with Crippen molar-refractivity contribution in [2.75, 3.05) is 53.3 Å². The average molecular weight is 261 g/mol. The van der Waals surface area contributed by atoms with E-state index >= 15 is 0 Å². The fraction of sp³-hybridized carbons (Fsp3) is 0.917. The number of hydrogen-bond acceptors (Lipinski definition) is 6. The van der Waals surface area contributed by atoms with Gasteiger partial charge in [0, 0.05) is 26.9 Å². The monoisotopic (exact) mass is 261 g/mol. The summed E-state index contributed by atoms with van der Waals surface area (Å²) in [6.45, 7) is 3.12. The molecule has 0 aromatic carbocycles. The number of carbonyl (C=O) groups excluding carboxylic acids is 1. The molecule has 6 nitrogen and oxygen atoms in total. The van der Waals surface area contributed by atoms with Gasteiger partial charge in [0.05, 0.1) is 25.2 Å². The van der Waals surface area contributed by atoms with Crippen molar-refractivity contribution in [2.24, 2.45) is 11.1 Å². The first-order valence-electron chi connectivity index (χ1n) is 6.27. The number of esters is 1. The van der Waals surface area contributed by atoms with Crippen LogP contribution in [-0.2, 0) is 23.7 Å². The Kier molecular flexibility index (Phi) is 7.19. The maximum Gasteiger partial charge on any atom is 0.313 e. The van der Waals surface area contributed by atoms with Gasteiger partial charge in [0.25, 0.3) is 0 Å². The fourth-order valence-corrected chi connectivity index (χ4v) is 1.84. The highest BCUT2D eigenvalue weighted by atomic mass is 16.6. The van der Waals surface area contributed by atoms with Crippen LogP contribution in [0.4, 0.5) is 0 Å². The van der Waals surface area contributed by atoms with E-state index in [0.29, 0.717) is 52.4 Å². The molecule has 1 aliphatic rings. The number of hydrogen-bond donors (Lipinski definition) is 1. The maximum absolute atomic E-state index is 12.0. The van der Waals surface area contributed by atoms with E-state index in [1.165, 1.54) is 0 Å². The van der Waals surface area contributed by atoms with Gasteiger partial charge in [-0.15, -0.1) is 0 Å². The molecule has 2 N–H and O–H groups in total. The SMILES string of the molecule is COCCOCCOC(=O)C1(CN)CCOCC1. The van der Waals surface area contributed by atoms with E-state index in [9.17, 15) is 4.79 Å². The summed E-state index contributed by atoms with van der Waals surface area (Å²) >= 11 is 0.